The molecule has 10 nitrogen and oxygen atoms in total. The first-order valence-corrected chi connectivity index (χ1v) is 9.11. The van der Waals surface area contributed by atoms with E-state index in [4.69, 9.17) is 11.6 Å². The minimum atomic E-state index is -4.82. The van der Waals surface area contributed by atoms with Crippen molar-refractivity contribution in [1.82, 2.24) is 26.4 Å². The van der Waals surface area contributed by atoms with Crippen molar-refractivity contribution in [2.24, 2.45) is 5.10 Å². The molecular weight excluding hydrogens is 481 g/mol. The molecule has 2 amide bonds. The lowest BCUT2D eigenvalue weighted by atomic mass is 10.1. The Labute approximate surface area is 186 Å². The Balaban J connectivity index is 1.94. The Morgan fingerprint density at radius 1 is 1.15 bits per heavy atom. The maximum Gasteiger partial charge on any atom is 0.433 e. The van der Waals surface area contributed by atoms with Gasteiger partial charge < -0.3 is 10.1 Å². The molecule has 3 rings (SSSR count). The number of ether oxygens (including phenoxy) is 1. The van der Waals surface area contributed by atoms with Crippen LogP contribution in [0.1, 0.15) is 26.5 Å². The van der Waals surface area contributed by atoms with Gasteiger partial charge in [-0.05, 0) is 24.3 Å². The van der Waals surface area contributed by atoms with Gasteiger partial charge in [0.2, 0.25) is 5.96 Å². The zero-order valence-corrected chi connectivity index (χ0v) is 17.1. The highest BCUT2D eigenvalue weighted by atomic mass is 35.5. The molecule has 1 aromatic carbocycles. The zero-order valence-electron chi connectivity index (χ0n) is 16.3. The summed E-state index contributed by atoms with van der Waals surface area (Å²) < 4.78 is 68.6. The van der Waals surface area contributed by atoms with E-state index in [9.17, 15) is 31.5 Å². The largest absolute Gasteiger partial charge is 0.433 e. The van der Waals surface area contributed by atoms with E-state index in [1.165, 1.54) is 12.1 Å². The van der Waals surface area contributed by atoms with Crippen molar-refractivity contribution in [3.63, 3.8) is 0 Å². The molecule has 16 heteroatoms. The second kappa shape index (κ2) is 9.41. The number of guanidine groups is 1. The maximum absolute atomic E-state index is 12.9. The van der Waals surface area contributed by atoms with Crippen LogP contribution in [0.4, 0.5) is 27.6 Å². The number of carbonyl (C=O) groups is 2. The van der Waals surface area contributed by atoms with Gasteiger partial charge in [-0.25, -0.2) is 10.5 Å². The Hall–Kier alpha value is -3.72. The van der Waals surface area contributed by atoms with Gasteiger partial charge in [-0.3, -0.25) is 19.9 Å². The number of amides is 2. The van der Waals surface area contributed by atoms with Gasteiger partial charge in [0.25, 0.3) is 11.8 Å². The summed E-state index contributed by atoms with van der Waals surface area (Å²) in [5.74, 6) is -2.66. The van der Waals surface area contributed by atoms with Gasteiger partial charge in [0.1, 0.15) is 17.1 Å². The van der Waals surface area contributed by atoms with Crippen LogP contribution in [0.15, 0.2) is 35.4 Å². The highest BCUT2D eigenvalue weighted by Crippen LogP contribution is 2.37. The average molecular weight is 494 g/mol. The first kappa shape index (κ1) is 23.9. The minimum absolute atomic E-state index is 0.0303. The number of hydrogen-bond acceptors (Lipinski definition) is 8. The molecule has 2 aromatic rings. The third-order valence-corrected chi connectivity index (χ3v) is 4.39. The molecule has 0 unspecified atom stereocenters. The number of benzene rings is 1. The first-order valence-electron chi connectivity index (χ1n) is 8.73. The monoisotopic (exact) mass is 493 g/mol. The Morgan fingerprint density at radius 3 is 2.48 bits per heavy atom. The second-order valence-electron chi connectivity index (χ2n) is 6.21. The fourth-order valence-electron chi connectivity index (χ4n) is 2.50. The van der Waals surface area contributed by atoms with E-state index in [1.807, 2.05) is 0 Å². The highest BCUT2D eigenvalue weighted by molar-refractivity contribution is 6.37. The van der Waals surface area contributed by atoms with Gasteiger partial charge in [-0.15, -0.1) is 10.6 Å². The molecule has 0 saturated carbocycles. The molecule has 0 atom stereocenters. The molecule has 4 N–H and O–H groups in total. The number of nitrogens with zero attached hydrogens (tertiary/aromatic N) is 3. The highest BCUT2D eigenvalue weighted by Gasteiger charge is 2.33. The van der Waals surface area contributed by atoms with E-state index in [2.05, 4.69) is 36.5 Å². The molecule has 0 aliphatic carbocycles. The van der Waals surface area contributed by atoms with Crippen molar-refractivity contribution in [3.05, 3.63) is 52.3 Å². The number of anilines is 1. The summed E-state index contributed by atoms with van der Waals surface area (Å²) >= 11 is 6.16. The smallest absolute Gasteiger partial charge is 0.433 e. The molecule has 1 aliphatic rings. The van der Waals surface area contributed by atoms with Gasteiger partial charge in [-0.1, -0.05) is 17.7 Å². The van der Waals surface area contributed by atoms with Crippen molar-refractivity contribution < 1.29 is 36.3 Å². The predicted molar refractivity (Wildman–Crippen MR) is 104 cm³/mol. The van der Waals surface area contributed by atoms with Crippen LogP contribution in [0.3, 0.4) is 0 Å². The third-order valence-electron chi connectivity index (χ3n) is 4.00. The lowest BCUT2D eigenvalue weighted by molar-refractivity contribution is -0.141. The maximum atomic E-state index is 12.9. The van der Waals surface area contributed by atoms with E-state index in [0.29, 0.717) is 6.07 Å². The number of halogens is 6. The number of nitrogens with one attached hydrogen (secondary N) is 4. The first-order chi connectivity index (χ1) is 15.5. The van der Waals surface area contributed by atoms with Crippen LogP contribution >= 0.6 is 11.6 Å². The lowest BCUT2D eigenvalue weighted by Crippen LogP contribution is -2.45. The Bertz CT molecular complexity index is 1110. The molecule has 0 bridgehead atoms. The minimum Gasteiger partial charge on any atom is -0.433 e. The van der Waals surface area contributed by atoms with E-state index in [0.717, 1.165) is 24.3 Å². The molecule has 0 spiro atoms. The van der Waals surface area contributed by atoms with Crippen molar-refractivity contribution in [2.45, 2.75) is 12.8 Å². The summed E-state index contributed by atoms with van der Waals surface area (Å²) in [6, 6.07) is 4.53. The number of hydrazone groups is 1. The van der Waals surface area contributed by atoms with Crippen molar-refractivity contribution in [3.8, 4) is 5.75 Å². The molecule has 0 fully saturated rings. The number of rotatable bonds is 5. The molecule has 2 heterocycles. The van der Waals surface area contributed by atoms with Gasteiger partial charge in [0.15, 0.2) is 5.75 Å². The fourth-order valence-corrected chi connectivity index (χ4v) is 2.79. The summed E-state index contributed by atoms with van der Waals surface area (Å²) in [4.78, 5) is 28.3. The van der Waals surface area contributed by atoms with E-state index >= 15 is 0 Å². The topological polar surface area (TPSA) is 120 Å². The fraction of sp³-hybridized carbons (Fsp3) is 0.176. The summed E-state index contributed by atoms with van der Waals surface area (Å²) in [6.45, 7) is -3.33. The Morgan fingerprint density at radius 2 is 1.88 bits per heavy atom. The van der Waals surface area contributed by atoms with Gasteiger partial charge in [0.05, 0.1) is 10.6 Å². The van der Waals surface area contributed by atoms with Gasteiger partial charge in [0, 0.05) is 7.05 Å². The van der Waals surface area contributed by atoms with Crippen LogP contribution in [0.5, 0.6) is 5.75 Å². The van der Waals surface area contributed by atoms with Crippen molar-refractivity contribution >= 4 is 35.1 Å². The number of carbonyl (C=O) groups excluding carboxylic acids is 2. The third kappa shape index (κ3) is 5.56. The number of hydrogen-bond donors (Lipinski definition) is 4. The number of hydrazine groups is 2. The van der Waals surface area contributed by atoms with Crippen molar-refractivity contribution in [2.75, 3.05) is 12.4 Å². The zero-order chi connectivity index (χ0) is 24.3. The summed E-state index contributed by atoms with van der Waals surface area (Å²) in [6.07, 6.45) is -4.82. The number of alkyl halides is 5. The molecule has 176 valence electrons. The molecule has 1 aliphatic heterocycles. The summed E-state index contributed by atoms with van der Waals surface area (Å²) in [7, 11) is 1.51. The molecule has 0 radical (unpaired) electrons. The number of aromatic nitrogens is 1. The normalized spacial score (nSPS) is 13.5. The molecule has 33 heavy (non-hydrogen) atoms. The van der Waals surface area contributed by atoms with Crippen LogP contribution in [0, 0.1) is 0 Å². The molecule has 1 aromatic heterocycles. The van der Waals surface area contributed by atoms with Crippen molar-refractivity contribution in [1.29, 1.82) is 0 Å². The SMILES string of the molecule is CN1NNN=C1NC(=O)c1ccc(OC(F)F)c(NC(=O)c2cccc(C(F)(F)F)n2)c1Cl. The van der Waals surface area contributed by atoms with Crippen LogP contribution < -0.4 is 26.4 Å². The average Bonchev–Trinajstić information content (AvgIpc) is 3.14. The van der Waals surface area contributed by atoms with Crippen LogP contribution in [0.2, 0.25) is 5.02 Å². The van der Waals surface area contributed by atoms with Crippen LogP contribution in [-0.2, 0) is 6.18 Å². The lowest BCUT2D eigenvalue weighted by Gasteiger charge is -2.17. The van der Waals surface area contributed by atoms with Gasteiger partial charge >= 0.3 is 12.8 Å². The van der Waals surface area contributed by atoms with Crippen LogP contribution in [-0.4, -0.2) is 41.4 Å². The predicted octanol–water partition coefficient (Wildman–Crippen LogP) is 2.56. The standard InChI is InChI=1S/C17H13ClF5N7O3/c1-30-16(27-28-29-30)26-13(31)7-5-6-9(33-15(19)20)12(11(7)18)25-14(32)8-3-2-4-10(24-8)17(21,22)23/h2-6,15,28-29H,1H3,(H,25,32)(H,26,27,31). The van der Waals surface area contributed by atoms with Crippen LogP contribution in [0.25, 0.3) is 0 Å². The van der Waals surface area contributed by atoms with Gasteiger partial charge in [-0.2, -0.15) is 22.0 Å². The summed E-state index contributed by atoms with van der Waals surface area (Å²) in [5, 5.41) is 8.94. The quantitative estimate of drug-likeness (QED) is 0.473. The summed E-state index contributed by atoms with van der Waals surface area (Å²) in [5.41, 5.74) is 2.00. The number of pyridine rings is 1. The Kier molecular flexibility index (Phi) is 6.83. The second-order valence-corrected chi connectivity index (χ2v) is 6.59. The van der Waals surface area contributed by atoms with E-state index in [1.54, 1.807) is 0 Å². The van der Waals surface area contributed by atoms with E-state index < -0.39 is 52.4 Å². The van der Waals surface area contributed by atoms with E-state index in [-0.39, 0.29) is 11.5 Å². The molecule has 0 saturated heterocycles. The molecular formula is C17H13ClF5N7O3.